The molecule has 108 valence electrons. The van der Waals surface area contributed by atoms with Crippen LogP contribution in [0.1, 0.15) is 50.7 Å². The molecule has 0 aliphatic heterocycles. The van der Waals surface area contributed by atoms with Crippen molar-refractivity contribution in [3.05, 3.63) is 47.1 Å². The summed E-state index contributed by atoms with van der Waals surface area (Å²) < 4.78 is 0. The number of aryl methyl sites for hydroxylation is 1. The topological polar surface area (TPSA) is 40.5 Å². The fourth-order valence-corrected chi connectivity index (χ4v) is 3.13. The standard InChI is InChI=1S/C18H24O2/c1-5-13-9-16(19)18(17(20)10-13)15-8-12(4)6-7-14(15)11(2)3/h8-10,14-15,19-20H,2,5-7H2,1,3-4H3/t14-,15+/m0/s1. The fraction of sp³-hybridized carbons (Fsp3) is 0.444. The molecule has 1 aliphatic rings. The van der Waals surface area contributed by atoms with Crippen LogP contribution in [0.15, 0.2) is 35.9 Å². The lowest BCUT2D eigenvalue weighted by Crippen LogP contribution is -2.17. The Kier molecular flexibility index (Phi) is 4.22. The average molecular weight is 272 g/mol. The number of hydrogen-bond acceptors (Lipinski definition) is 2. The lowest BCUT2D eigenvalue weighted by Gasteiger charge is -2.31. The molecule has 0 saturated carbocycles. The van der Waals surface area contributed by atoms with Crippen molar-refractivity contribution in [2.75, 3.05) is 0 Å². The van der Waals surface area contributed by atoms with E-state index in [0.29, 0.717) is 5.56 Å². The molecular formula is C18H24O2. The highest BCUT2D eigenvalue weighted by Gasteiger charge is 2.29. The molecule has 1 aliphatic carbocycles. The third-order valence-corrected chi connectivity index (χ3v) is 4.32. The highest BCUT2D eigenvalue weighted by molar-refractivity contribution is 5.51. The number of phenols is 2. The second kappa shape index (κ2) is 5.74. The van der Waals surface area contributed by atoms with E-state index in [1.54, 1.807) is 12.1 Å². The molecule has 2 nitrogen and oxygen atoms in total. The summed E-state index contributed by atoms with van der Waals surface area (Å²) in [6.07, 6.45) is 5.05. The van der Waals surface area contributed by atoms with Crippen LogP contribution in [0.3, 0.4) is 0 Å². The Morgan fingerprint density at radius 3 is 2.40 bits per heavy atom. The molecule has 0 bridgehead atoms. The molecule has 2 atom stereocenters. The van der Waals surface area contributed by atoms with Crippen LogP contribution in [0.25, 0.3) is 0 Å². The van der Waals surface area contributed by atoms with Crippen LogP contribution in [-0.4, -0.2) is 10.2 Å². The van der Waals surface area contributed by atoms with Gasteiger partial charge < -0.3 is 10.2 Å². The van der Waals surface area contributed by atoms with Crippen molar-refractivity contribution in [3.63, 3.8) is 0 Å². The summed E-state index contributed by atoms with van der Waals surface area (Å²) in [4.78, 5) is 0. The summed E-state index contributed by atoms with van der Waals surface area (Å²) in [5.41, 5.74) is 4.02. The van der Waals surface area contributed by atoms with Gasteiger partial charge in [-0.2, -0.15) is 0 Å². The Morgan fingerprint density at radius 2 is 1.90 bits per heavy atom. The molecule has 0 saturated heterocycles. The second-order valence-corrected chi connectivity index (χ2v) is 5.93. The molecule has 1 aromatic carbocycles. The molecule has 0 fully saturated rings. The van der Waals surface area contributed by atoms with E-state index in [4.69, 9.17) is 0 Å². The van der Waals surface area contributed by atoms with Crippen molar-refractivity contribution in [2.24, 2.45) is 5.92 Å². The summed E-state index contributed by atoms with van der Waals surface area (Å²) in [6, 6.07) is 3.53. The minimum Gasteiger partial charge on any atom is -0.507 e. The lowest BCUT2D eigenvalue weighted by molar-refractivity contribution is 0.406. The molecular weight excluding hydrogens is 248 g/mol. The summed E-state index contributed by atoms with van der Waals surface area (Å²) in [5.74, 6) is 0.697. The first-order valence-electron chi connectivity index (χ1n) is 7.31. The normalized spacial score (nSPS) is 22.4. The highest BCUT2D eigenvalue weighted by Crippen LogP contribution is 2.46. The highest BCUT2D eigenvalue weighted by atomic mass is 16.3. The van der Waals surface area contributed by atoms with Gasteiger partial charge in [0.25, 0.3) is 0 Å². The molecule has 0 heterocycles. The predicted molar refractivity (Wildman–Crippen MR) is 83.2 cm³/mol. The first-order chi connectivity index (χ1) is 9.43. The predicted octanol–water partition coefficient (Wildman–Crippen LogP) is 4.68. The largest absolute Gasteiger partial charge is 0.507 e. The van der Waals surface area contributed by atoms with Gasteiger partial charge in [-0.3, -0.25) is 0 Å². The van der Waals surface area contributed by atoms with E-state index in [9.17, 15) is 10.2 Å². The maximum absolute atomic E-state index is 10.3. The van der Waals surface area contributed by atoms with Gasteiger partial charge in [0.1, 0.15) is 11.5 Å². The van der Waals surface area contributed by atoms with Crippen molar-refractivity contribution in [2.45, 2.75) is 46.0 Å². The summed E-state index contributed by atoms with van der Waals surface area (Å²) in [6.45, 7) is 10.2. The molecule has 1 aromatic rings. The van der Waals surface area contributed by atoms with E-state index in [1.165, 1.54) is 5.57 Å². The molecule has 0 radical (unpaired) electrons. The van der Waals surface area contributed by atoms with E-state index >= 15 is 0 Å². The second-order valence-electron chi connectivity index (χ2n) is 5.93. The van der Waals surface area contributed by atoms with Gasteiger partial charge in [0.2, 0.25) is 0 Å². The first kappa shape index (κ1) is 14.7. The van der Waals surface area contributed by atoms with Gasteiger partial charge in [-0.05, 0) is 56.7 Å². The number of rotatable bonds is 3. The molecule has 0 spiro atoms. The number of benzene rings is 1. The van der Waals surface area contributed by atoms with E-state index in [0.717, 1.165) is 30.4 Å². The van der Waals surface area contributed by atoms with Gasteiger partial charge in [0, 0.05) is 11.5 Å². The molecule has 0 amide bonds. The molecule has 20 heavy (non-hydrogen) atoms. The Morgan fingerprint density at radius 1 is 1.30 bits per heavy atom. The Labute approximate surface area is 121 Å². The van der Waals surface area contributed by atoms with Crippen molar-refractivity contribution < 1.29 is 10.2 Å². The Hall–Kier alpha value is -1.70. The van der Waals surface area contributed by atoms with Crippen LogP contribution in [0, 0.1) is 5.92 Å². The van der Waals surface area contributed by atoms with Gasteiger partial charge in [0.05, 0.1) is 0 Å². The van der Waals surface area contributed by atoms with Crippen molar-refractivity contribution in [3.8, 4) is 11.5 Å². The van der Waals surface area contributed by atoms with Gasteiger partial charge in [0.15, 0.2) is 0 Å². The van der Waals surface area contributed by atoms with Crippen LogP contribution in [0.5, 0.6) is 11.5 Å². The van der Waals surface area contributed by atoms with Crippen LogP contribution in [0.2, 0.25) is 0 Å². The fourth-order valence-electron chi connectivity index (χ4n) is 3.13. The zero-order valence-corrected chi connectivity index (χ0v) is 12.6. The minimum absolute atomic E-state index is 0.0205. The third-order valence-electron chi connectivity index (χ3n) is 4.32. The van der Waals surface area contributed by atoms with Gasteiger partial charge in [-0.1, -0.05) is 30.7 Å². The number of hydrogen-bond donors (Lipinski definition) is 2. The summed E-state index contributed by atoms with van der Waals surface area (Å²) in [5, 5.41) is 20.6. The van der Waals surface area contributed by atoms with E-state index in [1.807, 2.05) is 13.8 Å². The zero-order valence-electron chi connectivity index (χ0n) is 12.6. The minimum atomic E-state index is 0.0205. The molecule has 2 N–H and O–H groups in total. The molecule has 2 rings (SSSR count). The summed E-state index contributed by atoms with van der Waals surface area (Å²) in [7, 11) is 0. The third kappa shape index (κ3) is 2.74. The lowest BCUT2D eigenvalue weighted by atomic mass is 9.73. The number of aromatic hydroxyl groups is 2. The maximum atomic E-state index is 10.3. The molecule has 0 unspecified atom stereocenters. The van der Waals surface area contributed by atoms with E-state index in [-0.39, 0.29) is 23.3 Å². The van der Waals surface area contributed by atoms with Crippen molar-refractivity contribution in [1.29, 1.82) is 0 Å². The number of allylic oxidation sites excluding steroid dienone is 3. The van der Waals surface area contributed by atoms with Crippen molar-refractivity contribution in [1.82, 2.24) is 0 Å². The molecule has 2 heteroatoms. The van der Waals surface area contributed by atoms with Gasteiger partial charge >= 0.3 is 0 Å². The SMILES string of the molecule is C=C(C)[C@@H]1CCC(C)=C[C@H]1c1c(O)cc(CC)cc1O. The average Bonchev–Trinajstić information content (AvgIpc) is 2.37. The quantitative estimate of drug-likeness (QED) is 0.785. The van der Waals surface area contributed by atoms with Crippen LogP contribution < -0.4 is 0 Å². The van der Waals surface area contributed by atoms with Crippen LogP contribution in [0.4, 0.5) is 0 Å². The van der Waals surface area contributed by atoms with Gasteiger partial charge in [-0.25, -0.2) is 0 Å². The smallest absolute Gasteiger partial charge is 0.123 e. The van der Waals surface area contributed by atoms with Crippen LogP contribution in [-0.2, 0) is 6.42 Å². The molecule has 0 aromatic heterocycles. The first-order valence-corrected chi connectivity index (χ1v) is 7.31. The van der Waals surface area contributed by atoms with Crippen LogP contribution >= 0.6 is 0 Å². The Bertz CT molecular complexity index is 532. The maximum Gasteiger partial charge on any atom is 0.123 e. The van der Waals surface area contributed by atoms with E-state index < -0.39 is 0 Å². The Balaban J connectivity index is 2.52. The van der Waals surface area contributed by atoms with Crippen molar-refractivity contribution >= 4 is 0 Å². The van der Waals surface area contributed by atoms with E-state index in [2.05, 4.69) is 19.6 Å². The zero-order chi connectivity index (χ0) is 14.9. The number of phenolic OH excluding ortho intramolecular Hbond substituents is 2. The monoisotopic (exact) mass is 272 g/mol. The van der Waals surface area contributed by atoms with Gasteiger partial charge in [-0.15, -0.1) is 0 Å². The summed E-state index contributed by atoms with van der Waals surface area (Å²) >= 11 is 0.